The van der Waals surface area contributed by atoms with Crippen molar-refractivity contribution in [2.45, 2.75) is 6.92 Å². The number of thioether (sulfide) groups is 1. The highest BCUT2D eigenvalue weighted by Gasteiger charge is 1.93. The Kier molecular flexibility index (Phi) is 4.12. The van der Waals surface area contributed by atoms with Crippen molar-refractivity contribution in [3.05, 3.63) is 34.5 Å². The summed E-state index contributed by atoms with van der Waals surface area (Å²) in [4.78, 5) is 27.9. The van der Waals surface area contributed by atoms with Crippen LogP contribution in [0.5, 0.6) is 0 Å². The number of aromatic amines is 1. The average Bonchev–Trinajstić information content (AvgIpc) is 2.15. The van der Waals surface area contributed by atoms with Gasteiger partial charge in [-0.25, -0.2) is 4.98 Å². The Morgan fingerprint density at radius 3 is 3.14 bits per heavy atom. The van der Waals surface area contributed by atoms with E-state index >= 15 is 0 Å². The highest BCUT2D eigenvalue weighted by Crippen LogP contribution is 2.02. The van der Waals surface area contributed by atoms with Crippen LogP contribution in [-0.2, 0) is 4.79 Å². The van der Waals surface area contributed by atoms with Gasteiger partial charge in [0.05, 0.1) is 11.9 Å². The molecule has 1 N–H and O–H groups in total. The molecule has 0 aliphatic heterocycles. The van der Waals surface area contributed by atoms with Gasteiger partial charge in [0.2, 0.25) is 0 Å². The van der Waals surface area contributed by atoms with Gasteiger partial charge in [0.15, 0.2) is 5.12 Å². The maximum absolute atomic E-state index is 11.1. The van der Waals surface area contributed by atoms with Gasteiger partial charge in [-0.2, -0.15) is 0 Å². The second kappa shape index (κ2) is 5.39. The molecule has 0 aliphatic carbocycles. The molecule has 0 spiro atoms. The van der Waals surface area contributed by atoms with Crippen LogP contribution < -0.4 is 5.56 Å². The fourth-order valence-electron chi connectivity index (χ4n) is 0.815. The van der Waals surface area contributed by atoms with Crippen LogP contribution in [0.3, 0.4) is 0 Å². The number of rotatable bonds is 3. The lowest BCUT2D eigenvalue weighted by Gasteiger charge is -1.90. The van der Waals surface area contributed by atoms with Gasteiger partial charge in [-0.15, -0.1) is 0 Å². The minimum Gasteiger partial charge on any atom is -0.313 e. The van der Waals surface area contributed by atoms with E-state index in [0.29, 0.717) is 11.3 Å². The smallest absolute Gasteiger partial charge is 0.257 e. The van der Waals surface area contributed by atoms with E-state index in [1.165, 1.54) is 31.2 Å². The molecule has 1 aromatic heterocycles. The second-order valence-corrected chi connectivity index (χ2v) is 3.74. The number of nitrogens with one attached hydrogen (secondary N) is 1. The Bertz CT molecular complexity index is 398. The Balaban J connectivity index is 2.56. The normalized spacial score (nSPS) is 10.6. The lowest BCUT2D eigenvalue weighted by atomic mass is 10.3. The standard InChI is InChI=1S/C9H10N2O2S/c1-7(12)14-4-2-3-8-5-10-6-11-9(8)13/h2-3,5-6H,4H2,1H3,(H,10,11,13). The van der Waals surface area contributed by atoms with Crippen molar-refractivity contribution in [2.24, 2.45) is 0 Å². The van der Waals surface area contributed by atoms with Crippen molar-refractivity contribution < 1.29 is 4.79 Å². The molecule has 0 unspecified atom stereocenters. The molecule has 14 heavy (non-hydrogen) atoms. The van der Waals surface area contributed by atoms with Crippen LogP contribution >= 0.6 is 11.8 Å². The van der Waals surface area contributed by atoms with Crippen molar-refractivity contribution >= 4 is 23.0 Å². The van der Waals surface area contributed by atoms with Crippen molar-refractivity contribution in [3.63, 3.8) is 0 Å². The number of H-pyrrole nitrogens is 1. The van der Waals surface area contributed by atoms with Gasteiger partial charge in [0.1, 0.15) is 0 Å². The molecule has 0 amide bonds. The zero-order valence-corrected chi connectivity index (χ0v) is 8.50. The number of aromatic nitrogens is 2. The van der Waals surface area contributed by atoms with Crippen LogP contribution in [-0.4, -0.2) is 20.8 Å². The van der Waals surface area contributed by atoms with Crippen LogP contribution in [0.4, 0.5) is 0 Å². The molecule has 1 aromatic rings. The first-order chi connectivity index (χ1) is 6.70. The van der Waals surface area contributed by atoms with E-state index in [1.807, 2.05) is 0 Å². The Hall–Kier alpha value is -1.36. The molecular formula is C9H10N2O2S. The van der Waals surface area contributed by atoms with Crippen LogP contribution in [0.25, 0.3) is 6.08 Å². The molecule has 0 saturated heterocycles. The van der Waals surface area contributed by atoms with Crippen LogP contribution in [0, 0.1) is 0 Å². The number of carbonyl (C=O) groups excluding carboxylic acids is 1. The molecule has 74 valence electrons. The number of hydrogen-bond donors (Lipinski definition) is 1. The van der Waals surface area contributed by atoms with E-state index in [9.17, 15) is 9.59 Å². The van der Waals surface area contributed by atoms with E-state index < -0.39 is 0 Å². The van der Waals surface area contributed by atoms with Gasteiger partial charge >= 0.3 is 0 Å². The van der Waals surface area contributed by atoms with Crippen molar-refractivity contribution in [1.82, 2.24) is 9.97 Å². The van der Waals surface area contributed by atoms with Crippen LogP contribution in [0.15, 0.2) is 23.4 Å². The maximum atomic E-state index is 11.1. The largest absolute Gasteiger partial charge is 0.313 e. The van der Waals surface area contributed by atoms with Gasteiger partial charge in [-0.1, -0.05) is 23.9 Å². The van der Waals surface area contributed by atoms with E-state index in [1.54, 1.807) is 12.2 Å². The van der Waals surface area contributed by atoms with Gasteiger partial charge < -0.3 is 4.98 Å². The molecule has 5 heteroatoms. The van der Waals surface area contributed by atoms with Crippen molar-refractivity contribution in [3.8, 4) is 0 Å². The van der Waals surface area contributed by atoms with Gasteiger partial charge in [0.25, 0.3) is 5.56 Å². The summed E-state index contributed by atoms with van der Waals surface area (Å²) in [5.41, 5.74) is 0.320. The lowest BCUT2D eigenvalue weighted by Crippen LogP contribution is -2.08. The first-order valence-corrected chi connectivity index (χ1v) is 5.01. The highest BCUT2D eigenvalue weighted by atomic mass is 32.2. The third kappa shape index (κ3) is 3.57. The molecule has 1 rings (SSSR count). The first-order valence-electron chi connectivity index (χ1n) is 4.03. The first kappa shape index (κ1) is 10.7. The zero-order chi connectivity index (χ0) is 10.4. The minimum atomic E-state index is -0.177. The van der Waals surface area contributed by atoms with Gasteiger partial charge in [0, 0.05) is 18.9 Å². The predicted molar refractivity (Wildman–Crippen MR) is 57.0 cm³/mol. The van der Waals surface area contributed by atoms with Gasteiger partial charge in [-0.05, 0) is 0 Å². The monoisotopic (exact) mass is 210 g/mol. The summed E-state index contributed by atoms with van der Waals surface area (Å²) in [7, 11) is 0. The Morgan fingerprint density at radius 1 is 1.71 bits per heavy atom. The van der Waals surface area contributed by atoms with E-state index in [0.717, 1.165) is 0 Å². The average molecular weight is 210 g/mol. The lowest BCUT2D eigenvalue weighted by molar-refractivity contribution is -0.109. The topological polar surface area (TPSA) is 62.8 Å². The highest BCUT2D eigenvalue weighted by molar-refractivity contribution is 8.13. The summed E-state index contributed by atoms with van der Waals surface area (Å²) in [5, 5.41) is 0.0646. The molecule has 1 heterocycles. The summed E-state index contributed by atoms with van der Waals surface area (Å²) >= 11 is 1.20. The number of carbonyl (C=O) groups is 1. The number of nitrogens with zero attached hydrogens (tertiary/aromatic N) is 1. The summed E-state index contributed by atoms with van der Waals surface area (Å²) in [6.45, 7) is 1.51. The van der Waals surface area contributed by atoms with E-state index in [2.05, 4.69) is 9.97 Å². The van der Waals surface area contributed by atoms with E-state index in [4.69, 9.17) is 0 Å². The second-order valence-electron chi connectivity index (χ2n) is 2.54. The molecular weight excluding hydrogens is 200 g/mol. The number of hydrogen-bond acceptors (Lipinski definition) is 4. The Labute approximate surface area is 85.5 Å². The van der Waals surface area contributed by atoms with Crippen molar-refractivity contribution in [2.75, 3.05) is 5.75 Å². The molecule has 0 aromatic carbocycles. The summed E-state index contributed by atoms with van der Waals surface area (Å²) in [6.07, 6.45) is 6.23. The minimum absolute atomic E-state index is 0.0646. The molecule has 0 radical (unpaired) electrons. The quantitative estimate of drug-likeness (QED) is 0.810. The fourth-order valence-corrected chi connectivity index (χ4v) is 1.24. The van der Waals surface area contributed by atoms with Gasteiger partial charge in [-0.3, -0.25) is 9.59 Å². The van der Waals surface area contributed by atoms with Crippen LogP contribution in [0.1, 0.15) is 12.5 Å². The zero-order valence-electron chi connectivity index (χ0n) is 7.69. The molecule has 4 nitrogen and oxygen atoms in total. The molecule has 0 aliphatic rings. The van der Waals surface area contributed by atoms with Crippen LogP contribution in [0.2, 0.25) is 0 Å². The maximum Gasteiger partial charge on any atom is 0.257 e. The fraction of sp³-hybridized carbons (Fsp3) is 0.222. The molecule has 0 atom stereocenters. The summed E-state index contributed by atoms with van der Waals surface area (Å²) < 4.78 is 0. The molecule has 0 fully saturated rings. The summed E-state index contributed by atoms with van der Waals surface area (Å²) in [5.74, 6) is 0.573. The molecule has 0 saturated carbocycles. The third-order valence-corrected chi connectivity index (χ3v) is 2.19. The third-order valence-electron chi connectivity index (χ3n) is 1.43. The van der Waals surface area contributed by atoms with E-state index in [-0.39, 0.29) is 10.7 Å². The Morgan fingerprint density at radius 2 is 2.50 bits per heavy atom. The predicted octanol–water partition coefficient (Wildman–Crippen LogP) is 1.06. The molecule has 0 bridgehead atoms. The SMILES string of the molecule is CC(=O)SCC=Cc1cnc[nH]c1=O. The van der Waals surface area contributed by atoms with Crippen molar-refractivity contribution in [1.29, 1.82) is 0 Å². The summed E-state index contributed by atoms with van der Waals surface area (Å²) in [6, 6.07) is 0.